The van der Waals surface area contributed by atoms with E-state index in [9.17, 15) is 0 Å². The van der Waals surface area contributed by atoms with Crippen LogP contribution in [0.3, 0.4) is 0 Å². The van der Waals surface area contributed by atoms with Crippen LogP contribution in [0.15, 0.2) is 43.0 Å². The molecule has 5 rings (SSSR count). The summed E-state index contributed by atoms with van der Waals surface area (Å²) < 4.78 is 11.8. The summed E-state index contributed by atoms with van der Waals surface area (Å²) in [6, 6.07) is 6.01. The molecule has 29 heavy (non-hydrogen) atoms. The Morgan fingerprint density at radius 3 is 2.62 bits per heavy atom. The summed E-state index contributed by atoms with van der Waals surface area (Å²) in [6.45, 7) is 4.11. The van der Waals surface area contributed by atoms with Gasteiger partial charge in [-0.2, -0.15) is 0 Å². The summed E-state index contributed by atoms with van der Waals surface area (Å²) in [7, 11) is 0. The van der Waals surface area contributed by atoms with Gasteiger partial charge in [0.15, 0.2) is 0 Å². The van der Waals surface area contributed by atoms with Crippen LogP contribution in [0, 0.1) is 5.92 Å². The first kappa shape index (κ1) is 18.1. The lowest BCUT2D eigenvalue weighted by Gasteiger charge is -2.36. The Kier molecular flexibility index (Phi) is 5.08. The quantitative estimate of drug-likeness (QED) is 0.685. The molecule has 2 fully saturated rings. The molecular formula is C21H24N6O2. The van der Waals surface area contributed by atoms with Crippen LogP contribution >= 0.6 is 0 Å². The molecule has 1 aliphatic carbocycles. The number of nitrogens with one attached hydrogen (secondary N) is 1. The second kappa shape index (κ2) is 8.16. The summed E-state index contributed by atoms with van der Waals surface area (Å²) >= 11 is 0. The first-order valence-electron chi connectivity index (χ1n) is 10.1. The van der Waals surface area contributed by atoms with Crippen LogP contribution in [-0.4, -0.2) is 58.9 Å². The Labute approximate surface area is 169 Å². The molecule has 1 N–H and O–H groups in total. The Hall–Kier alpha value is -3.00. The molecule has 0 amide bonds. The normalized spacial score (nSPS) is 21.6. The third-order valence-corrected chi connectivity index (χ3v) is 5.50. The van der Waals surface area contributed by atoms with Gasteiger partial charge >= 0.3 is 0 Å². The Morgan fingerprint density at radius 2 is 1.79 bits per heavy atom. The minimum absolute atomic E-state index is 0.198. The molecule has 1 saturated heterocycles. The van der Waals surface area contributed by atoms with Gasteiger partial charge in [-0.25, -0.2) is 15.0 Å². The zero-order valence-electron chi connectivity index (χ0n) is 16.2. The van der Waals surface area contributed by atoms with Crippen LogP contribution in [0.5, 0.6) is 5.75 Å². The molecule has 2 aromatic heterocycles. The number of morpholine rings is 1. The minimum Gasteiger partial charge on any atom is -0.488 e. The van der Waals surface area contributed by atoms with Crippen molar-refractivity contribution in [3.8, 4) is 5.75 Å². The maximum atomic E-state index is 6.36. The van der Waals surface area contributed by atoms with Gasteiger partial charge in [0.1, 0.15) is 11.3 Å². The second-order valence-corrected chi connectivity index (χ2v) is 7.50. The number of hydrogen-bond donors (Lipinski definition) is 1. The molecule has 8 nitrogen and oxygen atoms in total. The number of hydrogen-bond acceptors (Lipinski definition) is 8. The first-order chi connectivity index (χ1) is 14.3. The van der Waals surface area contributed by atoms with Crippen molar-refractivity contribution in [3.05, 3.63) is 43.0 Å². The van der Waals surface area contributed by atoms with E-state index in [0.717, 1.165) is 68.2 Å². The number of anilines is 2. The fraction of sp³-hybridized carbons (Fsp3) is 0.429. The number of rotatable bonds is 6. The van der Waals surface area contributed by atoms with Gasteiger partial charge in [-0.05, 0) is 30.9 Å². The van der Waals surface area contributed by atoms with E-state index in [1.807, 2.05) is 6.07 Å². The molecule has 0 bridgehead atoms. The van der Waals surface area contributed by atoms with Crippen molar-refractivity contribution in [3.63, 3.8) is 0 Å². The number of aromatic nitrogens is 4. The monoisotopic (exact) mass is 392 g/mol. The van der Waals surface area contributed by atoms with E-state index >= 15 is 0 Å². The predicted octanol–water partition coefficient (Wildman–Crippen LogP) is 2.53. The zero-order chi connectivity index (χ0) is 19.5. The molecule has 1 saturated carbocycles. The fourth-order valence-electron chi connectivity index (χ4n) is 3.87. The Morgan fingerprint density at radius 1 is 1.00 bits per heavy atom. The van der Waals surface area contributed by atoms with Gasteiger partial charge in [0.2, 0.25) is 5.95 Å². The smallest absolute Gasteiger partial charge is 0.222 e. The molecular weight excluding hydrogens is 368 g/mol. The Balaban J connectivity index is 1.25. The highest BCUT2D eigenvalue weighted by Crippen LogP contribution is 2.36. The molecule has 1 aromatic carbocycles. The summed E-state index contributed by atoms with van der Waals surface area (Å²) in [5, 5.41) is 3.29. The lowest BCUT2D eigenvalue weighted by molar-refractivity contribution is 0.0721. The van der Waals surface area contributed by atoms with Gasteiger partial charge < -0.3 is 19.7 Å². The molecule has 3 heterocycles. The van der Waals surface area contributed by atoms with Gasteiger partial charge in [-0.1, -0.05) is 0 Å². The molecule has 3 aromatic rings. The van der Waals surface area contributed by atoms with Gasteiger partial charge in [0.05, 0.1) is 24.8 Å². The fourth-order valence-corrected chi connectivity index (χ4v) is 3.87. The van der Waals surface area contributed by atoms with Crippen molar-refractivity contribution in [2.24, 2.45) is 5.92 Å². The summed E-state index contributed by atoms with van der Waals surface area (Å²) in [6.07, 6.45) is 9.14. The SMILES string of the molecule is c1cnc(NC[C@H]2C[C@@H](Oc3cc(N4CCOCC4)cc4nccnc34)C2)nc1. The van der Waals surface area contributed by atoms with Crippen molar-refractivity contribution in [1.29, 1.82) is 0 Å². The van der Waals surface area contributed by atoms with Gasteiger partial charge in [-0.3, -0.25) is 4.98 Å². The predicted molar refractivity (Wildman–Crippen MR) is 110 cm³/mol. The average molecular weight is 392 g/mol. The highest BCUT2D eigenvalue weighted by molar-refractivity contribution is 5.85. The third-order valence-electron chi connectivity index (χ3n) is 5.50. The van der Waals surface area contributed by atoms with E-state index < -0.39 is 0 Å². The average Bonchev–Trinajstić information content (AvgIpc) is 2.76. The van der Waals surface area contributed by atoms with Crippen molar-refractivity contribution in [2.45, 2.75) is 18.9 Å². The minimum atomic E-state index is 0.198. The number of ether oxygens (including phenoxy) is 2. The molecule has 0 atom stereocenters. The summed E-state index contributed by atoms with van der Waals surface area (Å²) in [5.41, 5.74) is 2.81. The van der Waals surface area contributed by atoms with Gasteiger partial charge in [-0.15, -0.1) is 0 Å². The van der Waals surface area contributed by atoms with E-state index in [4.69, 9.17) is 9.47 Å². The first-order valence-corrected chi connectivity index (χ1v) is 10.1. The second-order valence-electron chi connectivity index (χ2n) is 7.50. The number of benzene rings is 1. The van der Waals surface area contributed by atoms with Crippen molar-refractivity contribution in [1.82, 2.24) is 19.9 Å². The maximum absolute atomic E-state index is 6.36. The highest BCUT2D eigenvalue weighted by Gasteiger charge is 2.31. The maximum Gasteiger partial charge on any atom is 0.222 e. The largest absolute Gasteiger partial charge is 0.488 e. The van der Waals surface area contributed by atoms with Crippen LogP contribution in [0.1, 0.15) is 12.8 Å². The topological polar surface area (TPSA) is 85.3 Å². The van der Waals surface area contributed by atoms with E-state index in [-0.39, 0.29) is 6.10 Å². The van der Waals surface area contributed by atoms with E-state index in [0.29, 0.717) is 11.9 Å². The summed E-state index contributed by atoms with van der Waals surface area (Å²) in [4.78, 5) is 19.7. The molecule has 1 aliphatic heterocycles. The Bertz CT molecular complexity index is 958. The molecule has 2 aliphatic rings. The summed E-state index contributed by atoms with van der Waals surface area (Å²) in [5.74, 6) is 2.06. The lowest BCUT2D eigenvalue weighted by atomic mass is 9.82. The van der Waals surface area contributed by atoms with E-state index in [2.05, 4.69) is 42.3 Å². The van der Waals surface area contributed by atoms with Crippen LogP contribution in [-0.2, 0) is 4.74 Å². The van der Waals surface area contributed by atoms with Crippen molar-refractivity contribution < 1.29 is 9.47 Å². The molecule has 0 spiro atoms. The van der Waals surface area contributed by atoms with E-state index in [1.54, 1.807) is 24.8 Å². The number of nitrogens with zero attached hydrogens (tertiary/aromatic N) is 5. The molecule has 150 valence electrons. The zero-order valence-corrected chi connectivity index (χ0v) is 16.2. The van der Waals surface area contributed by atoms with Gasteiger partial charge in [0, 0.05) is 56.2 Å². The lowest BCUT2D eigenvalue weighted by Crippen LogP contribution is -2.38. The van der Waals surface area contributed by atoms with Crippen molar-refractivity contribution in [2.75, 3.05) is 43.1 Å². The highest BCUT2D eigenvalue weighted by atomic mass is 16.5. The molecule has 8 heteroatoms. The molecule has 0 unspecified atom stereocenters. The van der Waals surface area contributed by atoms with Crippen LogP contribution in [0.25, 0.3) is 11.0 Å². The number of fused-ring (bicyclic) bond motifs is 1. The molecule has 0 radical (unpaired) electrons. The van der Waals surface area contributed by atoms with Crippen LogP contribution < -0.4 is 15.0 Å². The van der Waals surface area contributed by atoms with Crippen molar-refractivity contribution >= 4 is 22.7 Å². The van der Waals surface area contributed by atoms with Gasteiger partial charge in [0.25, 0.3) is 0 Å². The standard InChI is InChI=1S/C21H24N6O2/c1-2-24-21(25-3-1)26-14-15-10-17(11-15)29-19-13-16(27-6-8-28-9-7-27)12-18-20(19)23-5-4-22-18/h1-5,12-13,15,17H,6-11,14H2,(H,24,25,26)/t15-,17+. The van der Waals surface area contributed by atoms with Crippen LogP contribution in [0.2, 0.25) is 0 Å². The van der Waals surface area contributed by atoms with E-state index in [1.165, 1.54) is 0 Å². The van der Waals surface area contributed by atoms with Crippen LogP contribution in [0.4, 0.5) is 11.6 Å². The third kappa shape index (κ3) is 4.07.